The van der Waals surface area contributed by atoms with Crippen LogP contribution in [0.4, 0.5) is 0 Å². The molecule has 1 aliphatic rings. The summed E-state index contributed by atoms with van der Waals surface area (Å²) in [7, 11) is 1.71. The minimum absolute atomic E-state index is 0. The maximum atomic E-state index is 5.75. The van der Waals surface area contributed by atoms with E-state index in [2.05, 4.69) is 39.6 Å². The van der Waals surface area contributed by atoms with Crippen molar-refractivity contribution < 1.29 is 0 Å². The molecular formula is C14H25IN4S. The molecule has 0 amide bonds. The Morgan fingerprint density at radius 2 is 2.25 bits per heavy atom. The first-order chi connectivity index (χ1) is 9.20. The van der Waals surface area contributed by atoms with Crippen LogP contribution in [0.2, 0.25) is 0 Å². The monoisotopic (exact) mass is 408 g/mol. The van der Waals surface area contributed by atoms with Crippen LogP contribution in [-0.4, -0.2) is 37.5 Å². The molecule has 1 fully saturated rings. The summed E-state index contributed by atoms with van der Waals surface area (Å²) in [6.45, 7) is 5.53. The normalized spacial score (nSPS) is 19.4. The molecule has 2 rings (SSSR count). The van der Waals surface area contributed by atoms with Gasteiger partial charge in [-0.05, 0) is 43.3 Å². The van der Waals surface area contributed by atoms with Crippen LogP contribution < -0.4 is 11.1 Å². The Labute approximate surface area is 142 Å². The largest absolute Gasteiger partial charge is 0.370 e. The second kappa shape index (κ2) is 8.84. The lowest BCUT2D eigenvalue weighted by atomic mass is 9.97. The van der Waals surface area contributed by atoms with Crippen molar-refractivity contribution >= 4 is 41.3 Å². The topological polar surface area (TPSA) is 53.6 Å². The Morgan fingerprint density at radius 3 is 2.80 bits per heavy atom. The van der Waals surface area contributed by atoms with Crippen LogP contribution in [0.1, 0.15) is 30.7 Å². The highest BCUT2D eigenvalue weighted by Gasteiger charge is 2.25. The number of nitrogens with zero attached hydrogens (tertiary/aromatic N) is 2. The van der Waals surface area contributed by atoms with Gasteiger partial charge in [0.1, 0.15) is 0 Å². The standard InChI is InChI=1S/C14H24N4S.HI/c1-11-5-7-18(8-6-11)12(10-17-14(15)16-2)13-4-3-9-19-13;/h3-4,9,11-12H,5-8,10H2,1-2H3,(H3,15,16,17);1H. The molecule has 1 saturated heterocycles. The van der Waals surface area contributed by atoms with E-state index in [1.165, 1.54) is 30.8 Å². The van der Waals surface area contributed by atoms with Gasteiger partial charge in [-0.3, -0.25) is 9.89 Å². The highest BCUT2D eigenvalue weighted by molar-refractivity contribution is 14.0. The van der Waals surface area contributed by atoms with Gasteiger partial charge in [0.2, 0.25) is 0 Å². The van der Waals surface area contributed by atoms with Crippen LogP contribution in [0.15, 0.2) is 22.5 Å². The van der Waals surface area contributed by atoms with Crippen LogP contribution in [0.5, 0.6) is 0 Å². The third kappa shape index (κ3) is 4.89. The number of nitrogens with one attached hydrogen (secondary N) is 1. The van der Waals surface area contributed by atoms with Crippen molar-refractivity contribution in [2.45, 2.75) is 25.8 Å². The third-order valence-electron chi connectivity index (χ3n) is 3.85. The average Bonchev–Trinajstić information content (AvgIpc) is 2.94. The van der Waals surface area contributed by atoms with E-state index in [1.807, 2.05) is 11.3 Å². The predicted octanol–water partition coefficient (Wildman–Crippen LogP) is 2.67. The van der Waals surface area contributed by atoms with Crippen molar-refractivity contribution in [2.75, 3.05) is 26.7 Å². The van der Waals surface area contributed by atoms with E-state index in [4.69, 9.17) is 5.73 Å². The van der Waals surface area contributed by atoms with E-state index in [0.717, 1.165) is 12.5 Å². The molecule has 1 aromatic heterocycles. The molecule has 0 radical (unpaired) electrons. The number of halogens is 1. The molecule has 4 nitrogen and oxygen atoms in total. The molecule has 6 heteroatoms. The van der Waals surface area contributed by atoms with Gasteiger partial charge in [-0.25, -0.2) is 0 Å². The minimum atomic E-state index is 0. The van der Waals surface area contributed by atoms with Crippen molar-refractivity contribution in [3.05, 3.63) is 22.4 Å². The van der Waals surface area contributed by atoms with E-state index in [1.54, 1.807) is 7.05 Å². The van der Waals surface area contributed by atoms with Crippen molar-refractivity contribution in [3.63, 3.8) is 0 Å². The number of hydrogen-bond donors (Lipinski definition) is 2. The summed E-state index contributed by atoms with van der Waals surface area (Å²) in [6, 6.07) is 4.75. The number of piperidine rings is 1. The fourth-order valence-electron chi connectivity index (χ4n) is 2.51. The van der Waals surface area contributed by atoms with Gasteiger partial charge in [0.15, 0.2) is 5.96 Å². The van der Waals surface area contributed by atoms with E-state index in [-0.39, 0.29) is 24.0 Å². The van der Waals surface area contributed by atoms with Gasteiger partial charge in [-0.2, -0.15) is 0 Å². The van der Waals surface area contributed by atoms with Crippen LogP contribution in [0.25, 0.3) is 0 Å². The molecule has 1 aromatic rings. The molecule has 0 aromatic carbocycles. The predicted molar refractivity (Wildman–Crippen MR) is 98.0 cm³/mol. The SMILES string of the molecule is CN=C(N)NCC(c1cccs1)N1CCC(C)CC1.I. The second-order valence-electron chi connectivity index (χ2n) is 5.24. The van der Waals surface area contributed by atoms with Crippen LogP contribution >= 0.6 is 35.3 Å². The first kappa shape index (κ1) is 17.7. The van der Waals surface area contributed by atoms with E-state index < -0.39 is 0 Å². The van der Waals surface area contributed by atoms with Gasteiger partial charge >= 0.3 is 0 Å². The lowest BCUT2D eigenvalue weighted by molar-refractivity contribution is 0.140. The molecule has 1 aliphatic heterocycles. The van der Waals surface area contributed by atoms with Crippen LogP contribution in [0.3, 0.4) is 0 Å². The summed E-state index contributed by atoms with van der Waals surface area (Å²) in [4.78, 5) is 7.95. The molecular weight excluding hydrogens is 383 g/mol. The van der Waals surface area contributed by atoms with E-state index in [9.17, 15) is 0 Å². The van der Waals surface area contributed by atoms with Gasteiger partial charge in [-0.15, -0.1) is 35.3 Å². The molecule has 1 unspecified atom stereocenters. The zero-order valence-electron chi connectivity index (χ0n) is 12.2. The number of thiophene rings is 1. The first-order valence-corrected chi connectivity index (χ1v) is 7.82. The molecule has 114 valence electrons. The number of guanidine groups is 1. The fourth-order valence-corrected chi connectivity index (χ4v) is 3.37. The van der Waals surface area contributed by atoms with Crippen LogP contribution in [-0.2, 0) is 0 Å². The Hall–Kier alpha value is -0.340. The van der Waals surface area contributed by atoms with E-state index >= 15 is 0 Å². The maximum absolute atomic E-state index is 5.75. The summed E-state index contributed by atoms with van der Waals surface area (Å²) in [5, 5.41) is 5.37. The third-order valence-corrected chi connectivity index (χ3v) is 4.82. The highest BCUT2D eigenvalue weighted by Crippen LogP contribution is 2.28. The van der Waals surface area contributed by atoms with Gasteiger partial charge in [-0.1, -0.05) is 13.0 Å². The molecule has 1 atom stereocenters. The second-order valence-corrected chi connectivity index (χ2v) is 6.22. The summed E-state index contributed by atoms with van der Waals surface area (Å²) in [6.07, 6.45) is 2.58. The fraction of sp³-hybridized carbons (Fsp3) is 0.643. The van der Waals surface area contributed by atoms with Crippen LogP contribution in [0, 0.1) is 5.92 Å². The average molecular weight is 408 g/mol. The Bertz CT molecular complexity index is 399. The quantitative estimate of drug-likeness (QED) is 0.458. The molecule has 0 spiro atoms. The molecule has 0 saturated carbocycles. The number of rotatable bonds is 4. The van der Waals surface area contributed by atoms with Crippen molar-refractivity contribution in [3.8, 4) is 0 Å². The lowest BCUT2D eigenvalue weighted by Crippen LogP contribution is -2.43. The minimum Gasteiger partial charge on any atom is -0.370 e. The van der Waals surface area contributed by atoms with Gasteiger partial charge < -0.3 is 11.1 Å². The zero-order valence-corrected chi connectivity index (χ0v) is 15.4. The van der Waals surface area contributed by atoms with E-state index in [0.29, 0.717) is 12.0 Å². The molecule has 3 N–H and O–H groups in total. The number of aliphatic imine (C=N–C) groups is 1. The zero-order chi connectivity index (χ0) is 13.7. The van der Waals surface area contributed by atoms with Gasteiger partial charge in [0.05, 0.1) is 6.04 Å². The van der Waals surface area contributed by atoms with Crippen molar-refractivity contribution in [1.82, 2.24) is 10.2 Å². The Kier molecular flexibility index (Phi) is 7.83. The maximum Gasteiger partial charge on any atom is 0.188 e. The Balaban J connectivity index is 0.00000200. The Morgan fingerprint density at radius 1 is 1.55 bits per heavy atom. The lowest BCUT2D eigenvalue weighted by Gasteiger charge is -2.36. The number of likely N-dealkylation sites (tertiary alicyclic amines) is 1. The van der Waals surface area contributed by atoms with Crippen molar-refractivity contribution in [1.29, 1.82) is 0 Å². The van der Waals surface area contributed by atoms with Gasteiger partial charge in [0, 0.05) is 18.5 Å². The van der Waals surface area contributed by atoms with Crippen molar-refractivity contribution in [2.24, 2.45) is 16.6 Å². The summed E-state index contributed by atoms with van der Waals surface area (Å²) in [5.74, 6) is 1.38. The summed E-state index contributed by atoms with van der Waals surface area (Å²) >= 11 is 1.82. The molecule has 2 heterocycles. The summed E-state index contributed by atoms with van der Waals surface area (Å²) < 4.78 is 0. The molecule has 0 aliphatic carbocycles. The number of nitrogens with two attached hydrogens (primary N) is 1. The smallest absolute Gasteiger partial charge is 0.188 e. The number of hydrogen-bond acceptors (Lipinski definition) is 3. The molecule has 0 bridgehead atoms. The summed E-state index contributed by atoms with van der Waals surface area (Å²) in [5.41, 5.74) is 5.75. The highest BCUT2D eigenvalue weighted by atomic mass is 127. The first-order valence-electron chi connectivity index (χ1n) is 6.94. The van der Waals surface area contributed by atoms with Gasteiger partial charge in [0.25, 0.3) is 0 Å². The molecule has 20 heavy (non-hydrogen) atoms.